The number of benzene rings is 2. The standard InChI is InChI=1S/C18H14ClN5O2S/c1-26-15-7-6-12(19)8-14(15)24-16(21-22-18(24)27)10-23-17(25)13-5-3-2-4-11(13)9-20-23/h2-9H,10H2,1H3,(H,22,27). The monoisotopic (exact) mass is 399 g/mol. The van der Waals surface area contributed by atoms with Gasteiger partial charge in [-0.25, -0.2) is 4.68 Å². The Bertz CT molecular complexity index is 1260. The number of hydrogen-bond donors (Lipinski definition) is 1. The van der Waals surface area contributed by atoms with Gasteiger partial charge in [0.2, 0.25) is 0 Å². The van der Waals surface area contributed by atoms with Gasteiger partial charge in [-0.05, 0) is 36.5 Å². The Labute approximate surface area is 163 Å². The molecule has 0 unspecified atom stereocenters. The average molecular weight is 400 g/mol. The van der Waals surface area contributed by atoms with Crippen molar-refractivity contribution in [3.05, 3.63) is 74.6 Å². The molecule has 0 atom stereocenters. The summed E-state index contributed by atoms with van der Waals surface area (Å²) in [5, 5.41) is 13.2. The fraction of sp³-hybridized carbons (Fsp3) is 0.111. The maximum atomic E-state index is 12.7. The van der Waals surface area contributed by atoms with Gasteiger partial charge in [-0.15, -0.1) is 0 Å². The number of H-pyrrole nitrogens is 1. The van der Waals surface area contributed by atoms with Crippen LogP contribution in [-0.4, -0.2) is 31.7 Å². The van der Waals surface area contributed by atoms with Crippen molar-refractivity contribution in [1.82, 2.24) is 24.5 Å². The molecule has 2 aromatic heterocycles. The lowest BCUT2D eigenvalue weighted by Crippen LogP contribution is -2.24. The molecule has 0 saturated heterocycles. The molecule has 0 fully saturated rings. The van der Waals surface area contributed by atoms with Gasteiger partial charge in [0.15, 0.2) is 10.6 Å². The Morgan fingerprint density at radius 2 is 2.07 bits per heavy atom. The summed E-state index contributed by atoms with van der Waals surface area (Å²) in [6.07, 6.45) is 1.66. The summed E-state index contributed by atoms with van der Waals surface area (Å²) in [5.41, 5.74) is 0.430. The third-order valence-corrected chi connectivity index (χ3v) is 4.69. The first-order valence-corrected chi connectivity index (χ1v) is 8.82. The zero-order valence-corrected chi connectivity index (χ0v) is 15.8. The van der Waals surface area contributed by atoms with Gasteiger partial charge in [-0.1, -0.05) is 29.8 Å². The van der Waals surface area contributed by atoms with Gasteiger partial charge in [-0.2, -0.15) is 10.2 Å². The van der Waals surface area contributed by atoms with Crippen molar-refractivity contribution in [3.8, 4) is 11.4 Å². The number of fused-ring (bicyclic) bond motifs is 1. The average Bonchev–Trinajstić information content (AvgIpc) is 3.04. The molecule has 0 bridgehead atoms. The molecular formula is C18H14ClN5O2S. The number of rotatable bonds is 4. The molecule has 2 heterocycles. The normalized spacial score (nSPS) is 11.0. The summed E-state index contributed by atoms with van der Waals surface area (Å²) < 4.78 is 8.81. The van der Waals surface area contributed by atoms with Crippen molar-refractivity contribution in [2.45, 2.75) is 6.54 Å². The Kier molecular flexibility index (Phi) is 4.51. The molecule has 0 spiro atoms. The summed E-state index contributed by atoms with van der Waals surface area (Å²) in [7, 11) is 1.56. The molecular weight excluding hydrogens is 386 g/mol. The van der Waals surface area contributed by atoms with Crippen LogP contribution in [0.4, 0.5) is 0 Å². The summed E-state index contributed by atoms with van der Waals surface area (Å²) in [5.74, 6) is 1.09. The van der Waals surface area contributed by atoms with Gasteiger partial charge < -0.3 is 4.74 Å². The Morgan fingerprint density at radius 3 is 2.89 bits per heavy atom. The van der Waals surface area contributed by atoms with E-state index in [1.54, 1.807) is 42.1 Å². The van der Waals surface area contributed by atoms with Crippen LogP contribution >= 0.6 is 23.8 Å². The molecule has 9 heteroatoms. The second-order valence-electron chi connectivity index (χ2n) is 5.79. The molecule has 0 amide bonds. The lowest BCUT2D eigenvalue weighted by atomic mass is 10.2. The van der Waals surface area contributed by atoms with E-state index in [1.807, 2.05) is 18.2 Å². The Hall–Kier alpha value is -2.97. The number of methoxy groups -OCH3 is 1. The largest absolute Gasteiger partial charge is 0.495 e. The molecule has 2 aromatic carbocycles. The molecule has 27 heavy (non-hydrogen) atoms. The van der Waals surface area contributed by atoms with Crippen LogP contribution in [-0.2, 0) is 6.54 Å². The van der Waals surface area contributed by atoms with E-state index >= 15 is 0 Å². The first kappa shape index (κ1) is 17.4. The highest BCUT2D eigenvalue weighted by Gasteiger charge is 2.15. The molecule has 0 radical (unpaired) electrons. The highest BCUT2D eigenvalue weighted by molar-refractivity contribution is 7.71. The van der Waals surface area contributed by atoms with E-state index < -0.39 is 0 Å². The lowest BCUT2D eigenvalue weighted by molar-refractivity contribution is 0.412. The quantitative estimate of drug-likeness (QED) is 0.532. The molecule has 4 rings (SSSR count). The molecule has 0 saturated carbocycles. The van der Waals surface area contributed by atoms with E-state index in [0.717, 1.165) is 5.39 Å². The Morgan fingerprint density at radius 1 is 1.26 bits per heavy atom. The van der Waals surface area contributed by atoms with Crippen LogP contribution in [0.2, 0.25) is 5.02 Å². The number of hydrogen-bond acceptors (Lipinski definition) is 5. The minimum absolute atomic E-state index is 0.131. The zero-order valence-electron chi connectivity index (χ0n) is 14.2. The lowest BCUT2D eigenvalue weighted by Gasteiger charge is -2.12. The molecule has 0 aliphatic rings. The van der Waals surface area contributed by atoms with Crippen LogP contribution in [0.1, 0.15) is 5.82 Å². The van der Waals surface area contributed by atoms with Crippen molar-refractivity contribution in [2.75, 3.05) is 7.11 Å². The summed E-state index contributed by atoms with van der Waals surface area (Å²) in [6, 6.07) is 12.5. The molecule has 0 aliphatic carbocycles. The number of aromatic amines is 1. The van der Waals surface area contributed by atoms with Gasteiger partial charge in [0.05, 0.1) is 24.4 Å². The molecule has 136 valence electrons. The molecule has 4 aromatic rings. The predicted molar refractivity (Wildman–Crippen MR) is 105 cm³/mol. The van der Waals surface area contributed by atoms with Crippen molar-refractivity contribution >= 4 is 34.6 Å². The summed E-state index contributed by atoms with van der Waals surface area (Å²) in [4.78, 5) is 12.7. The van der Waals surface area contributed by atoms with Crippen LogP contribution in [0, 0.1) is 4.77 Å². The molecule has 0 aliphatic heterocycles. The SMILES string of the molecule is COc1ccc(Cl)cc1-n1c(Cn2ncc3ccccc3c2=O)n[nH]c1=S. The maximum Gasteiger partial charge on any atom is 0.275 e. The van der Waals surface area contributed by atoms with Gasteiger partial charge in [-0.3, -0.25) is 14.5 Å². The number of nitrogens with zero attached hydrogens (tertiary/aromatic N) is 4. The molecule has 1 N–H and O–H groups in total. The fourth-order valence-electron chi connectivity index (χ4n) is 2.90. The summed E-state index contributed by atoms with van der Waals surface area (Å²) >= 11 is 11.5. The van der Waals surface area contributed by atoms with Gasteiger partial charge in [0.25, 0.3) is 5.56 Å². The highest BCUT2D eigenvalue weighted by atomic mass is 35.5. The van der Waals surface area contributed by atoms with E-state index in [4.69, 9.17) is 28.6 Å². The van der Waals surface area contributed by atoms with Gasteiger partial charge in [0.1, 0.15) is 12.3 Å². The minimum atomic E-state index is -0.202. The maximum absolute atomic E-state index is 12.7. The van der Waals surface area contributed by atoms with E-state index in [-0.39, 0.29) is 12.1 Å². The zero-order chi connectivity index (χ0) is 19.0. The third kappa shape index (κ3) is 3.13. The van der Waals surface area contributed by atoms with Crippen molar-refractivity contribution < 1.29 is 4.74 Å². The molecule has 7 nitrogen and oxygen atoms in total. The minimum Gasteiger partial charge on any atom is -0.495 e. The van der Waals surface area contributed by atoms with Crippen LogP contribution in [0.5, 0.6) is 5.75 Å². The van der Waals surface area contributed by atoms with Crippen molar-refractivity contribution in [1.29, 1.82) is 0 Å². The Balaban J connectivity index is 1.85. The first-order valence-electron chi connectivity index (χ1n) is 8.03. The predicted octanol–water partition coefficient (Wildman–Crippen LogP) is 3.35. The fourth-order valence-corrected chi connectivity index (χ4v) is 3.31. The van der Waals surface area contributed by atoms with Crippen molar-refractivity contribution in [3.63, 3.8) is 0 Å². The second-order valence-corrected chi connectivity index (χ2v) is 6.61. The third-order valence-electron chi connectivity index (χ3n) is 4.18. The van der Waals surface area contributed by atoms with Gasteiger partial charge >= 0.3 is 0 Å². The van der Waals surface area contributed by atoms with E-state index in [9.17, 15) is 4.79 Å². The number of aromatic nitrogens is 5. The van der Waals surface area contributed by atoms with E-state index in [0.29, 0.717) is 32.4 Å². The van der Waals surface area contributed by atoms with E-state index in [1.165, 1.54) is 4.68 Å². The number of halogens is 1. The smallest absolute Gasteiger partial charge is 0.275 e. The van der Waals surface area contributed by atoms with Crippen LogP contribution < -0.4 is 10.3 Å². The van der Waals surface area contributed by atoms with Crippen LogP contribution in [0.25, 0.3) is 16.5 Å². The number of ether oxygens (including phenoxy) is 1. The second kappa shape index (κ2) is 6.98. The first-order chi connectivity index (χ1) is 13.1. The van der Waals surface area contributed by atoms with Gasteiger partial charge in [0, 0.05) is 10.4 Å². The van der Waals surface area contributed by atoms with Crippen LogP contribution in [0.3, 0.4) is 0 Å². The van der Waals surface area contributed by atoms with Crippen molar-refractivity contribution in [2.24, 2.45) is 0 Å². The van der Waals surface area contributed by atoms with Crippen LogP contribution in [0.15, 0.2) is 53.5 Å². The topological polar surface area (TPSA) is 77.7 Å². The van der Waals surface area contributed by atoms with E-state index in [2.05, 4.69) is 15.3 Å². The summed E-state index contributed by atoms with van der Waals surface area (Å²) in [6.45, 7) is 0.131. The number of nitrogens with one attached hydrogen (secondary N) is 1. The highest BCUT2D eigenvalue weighted by Crippen LogP contribution is 2.27.